The molecule has 1 aliphatic heterocycles. The first kappa shape index (κ1) is 15.0. The van der Waals surface area contributed by atoms with E-state index in [1.807, 2.05) is 41.9 Å². The third kappa shape index (κ3) is 2.83. The highest BCUT2D eigenvalue weighted by Crippen LogP contribution is 2.21. The molecule has 7 nitrogen and oxygen atoms in total. The van der Waals surface area contributed by atoms with Gasteiger partial charge in [0.2, 0.25) is 0 Å². The molecular formula is C17H19N5O2. The Bertz CT molecular complexity index is 916. The molecule has 0 aliphatic carbocycles. The van der Waals surface area contributed by atoms with Crippen LogP contribution in [0.3, 0.4) is 0 Å². The number of rotatable bonds is 3. The fourth-order valence-corrected chi connectivity index (χ4v) is 3.14. The second-order valence-corrected chi connectivity index (χ2v) is 6.11. The zero-order valence-electron chi connectivity index (χ0n) is 13.5. The number of morpholine rings is 1. The average Bonchev–Trinajstić information content (AvgIpc) is 3.02. The number of ether oxygens (including phenoxy) is 1. The summed E-state index contributed by atoms with van der Waals surface area (Å²) in [4.78, 5) is 17.5. The van der Waals surface area contributed by atoms with Crippen LogP contribution in [-0.4, -0.2) is 44.3 Å². The number of hydrogen-bond donors (Lipinski definition) is 1. The van der Waals surface area contributed by atoms with Crippen LogP contribution in [0.5, 0.6) is 0 Å². The van der Waals surface area contributed by atoms with E-state index in [1.165, 1.54) is 0 Å². The van der Waals surface area contributed by atoms with Crippen molar-refractivity contribution >= 4 is 10.9 Å². The van der Waals surface area contributed by atoms with E-state index >= 15 is 0 Å². The molecule has 1 saturated heterocycles. The Labute approximate surface area is 138 Å². The molecule has 0 bridgehead atoms. The smallest absolute Gasteiger partial charge is 0.252 e. The van der Waals surface area contributed by atoms with Crippen molar-refractivity contribution in [2.75, 3.05) is 19.7 Å². The monoisotopic (exact) mass is 325 g/mol. The summed E-state index contributed by atoms with van der Waals surface area (Å²) in [6, 6.07) is 9.80. The molecule has 3 aromatic rings. The number of aromatic amines is 1. The topological polar surface area (TPSA) is 76.0 Å². The highest BCUT2D eigenvalue weighted by Gasteiger charge is 2.25. The predicted octanol–water partition coefficient (Wildman–Crippen LogP) is 1.23. The van der Waals surface area contributed by atoms with Crippen molar-refractivity contribution in [2.24, 2.45) is 7.05 Å². The van der Waals surface area contributed by atoms with Gasteiger partial charge in [0.1, 0.15) is 12.4 Å². The molecule has 0 radical (unpaired) electrons. The zero-order valence-corrected chi connectivity index (χ0v) is 13.5. The molecule has 3 heterocycles. The number of fused-ring (bicyclic) bond motifs is 1. The lowest BCUT2D eigenvalue weighted by Gasteiger charge is -2.32. The maximum absolute atomic E-state index is 12.3. The Kier molecular flexibility index (Phi) is 3.87. The quantitative estimate of drug-likeness (QED) is 0.784. The minimum Gasteiger partial charge on any atom is -0.368 e. The van der Waals surface area contributed by atoms with Crippen molar-refractivity contribution in [1.82, 2.24) is 24.6 Å². The van der Waals surface area contributed by atoms with Gasteiger partial charge in [-0.05, 0) is 17.5 Å². The molecule has 1 N–H and O–H groups in total. The van der Waals surface area contributed by atoms with Crippen LogP contribution in [0, 0.1) is 0 Å². The van der Waals surface area contributed by atoms with Crippen molar-refractivity contribution in [3.63, 3.8) is 0 Å². The van der Waals surface area contributed by atoms with Gasteiger partial charge < -0.3 is 14.3 Å². The Balaban J connectivity index is 1.56. The summed E-state index contributed by atoms with van der Waals surface area (Å²) in [5, 5.41) is 9.09. The SMILES string of the molecule is Cn1cnnc1C1CN(Cc2cc3ccccc3[nH]c2=O)CCO1. The van der Waals surface area contributed by atoms with Crippen LogP contribution in [0.2, 0.25) is 0 Å². The molecule has 1 unspecified atom stereocenters. The van der Waals surface area contributed by atoms with E-state index in [0.29, 0.717) is 19.7 Å². The van der Waals surface area contributed by atoms with Gasteiger partial charge in [-0.3, -0.25) is 9.69 Å². The Hall–Kier alpha value is -2.51. The molecule has 0 saturated carbocycles. The van der Waals surface area contributed by atoms with Crippen LogP contribution in [0.15, 0.2) is 41.5 Å². The lowest BCUT2D eigenvalue weighted by Crippen LogP contribution is -2.39. The van der Waals surface area contributed by atoms with Crippen LogP contribution >= 0.6 is 0 Å². The number of nitrogens with one attached hydrogen (secondary N) is 1. The molecule has 4 rings (SSSR count). The van der Waals surface area contributed by atoms with E-state index in [1.54, 1.807) is 6.33 Å². The number of pyridine rings is 1. The van der Waals surface area contributed by atoms with E-state index in [2.05, 4.69) is 20.1 Å². The summed E-state index contributed by atoms with van der Waals surface area (Å²) in [5.74, 6) is 0.812. The first-order valence-electron chi connectivity index (χ1n) is 7.99. The summed E-state index contributed by atoms with van der Waals surface area (Å²) >= 11 is 0. The molecule has 1 fully saturated rings. The first-order valence-corrected chi connectivity index (χ1v) is 7.99. The normalized spacial score (nSPS) is 19.0. The fraction of sp³-hybridized carbons (Fsp3) is 0.353. The third-order valence-electron chi connectivity index (χ3n) is 4.41. The van der Waals surface area contributed by atoms with Crippen LogP contribution < -0.4 is 5.56 Å². The summed E-state index contributed by atoms with van der Waals surface area (Å²) < 4.78 is 7.69. The number of benzene rings is 1. The van der Waals surface area contributed by atoms with Gasteiger partial charge in [0.25, 0.3) is 5.56 Å². The molecule has 24 heavy (non-hydrogen) atoms. The summed E-state index contributed by atoms with van der Waals surface area (Å²) in [6.45, 7) is 2.69. The third-order valence-corrected chi connectivity index (χ3v) is 4.41. The molecule has 1 atom stereocenters. The molecule has 2 aromatic heterocycles. The Morgan fingerprint density at radius 1 is 1.38 bits per heavy atom. The fourth-order valence-electron chi connectivity index (χ4n) is 3.14. The molecule has 0 spiro atoms. The average molecular weight is 325 g/mol. The minimum atomic E-state index is -0.120. The van der Waals surface area contributed by atoms with Crippen LogP contribution in [0.4, 0.5) is 0 Å². The largest absolute Gasteiger partial charge is 0.368 e. The lowest BCUT2D eigenvalue weighted by atomic mass is 10.1. The molecular weight excluding hydrogens is 306 g/mol. The first-order chi connectivity index (χ1) is 11.7. The van der Waals surface area contributed by atoms with Crippen LogP contribution in [0.25, 0.3) is 10.9 Å². The molecule has 0 amide bonds. The van der Waals surface area contributed by atoms with Gasteiger partial charge in [-0.1, -0.05) is 18.2 Å². The maximum atomic E-state index is 12.3. The number of aryl methyl sites for hydroxylation is 1. The van der Waals surface area contributed by atoms with Gasteiger partial charge in [-0.15, -0.1) is 10.2 Å². The van der Waals surface area contributed by atoms with Crippen LogP contribution in [-0.2, 0) is 18.3 Å². The number of aromatic nitrogens is 4. The van der Waals surface area contributed by atoms with Crippen molar-refractivity contribution in [3.05, 3.63) is 58.4 Å². The highest BCUT2D eigenvalue weighted by molar-refractivity contribution is 5.78. The maximum Gasteiger partial charge on any atom is 0.252 e. The van der Waals surface area contributed by atoms with E-state index < -0.39 is 0 Å². The van der Waals surface area contributed by atoms with E-state index in [4.69, 9.17) is 4.74 Å². The second kappa shape index (κ2) is 6.18. The molecule has 7 heteroatoms. The number of para-hydroxylation sites is 1. The Morgan fingerprint density at radius 3 is 3.08 bits per heavy atom. The number of hydrogen-bond acceptors (Lipinski definition) is 5. The summed E-state index contributed by atoms with van der Waals surface area (Å²) in [5.41, 5.74) is 1.60. The molecule has 1 aliphatic rings. The van der Waals surface area contributed by atoms with Gasteiger partial charge in [-0.2, -0.15) is 0 Å². The predicted molar refractivity (Wildman–Crippen MR) is 89.5 cm³/mol. The van der Waals surface area contributed by atoms with E-state index in [-0.39, 0.29) is 11.7 Å². The minimum absolute atomic E-state index is 0.0320. The van der Waals surface area contributed by atoms with Gasteiger partial charge in [-0.25, -0.2) is 0 Å². The summed E-state index contributed by atoms with van der Waals surface area (Å²) in [7, 11) is 1.91. The molecule has 1 aromatic carbocycles. The van der Waals surface area contributed by atoms with E-state index in [9.17, 15) is 4.79 Å². The van der Waals surface area contributed by atoms with Crippen molar-refractivity contribution < 1.29 is 4.74 Å². The lowest BCUT2D eigenvalue weighted by molar-refractivity contribution is -0.0386. The van der Waals surface area contributed by atoms with Crippen molar-refractivity contribution in [3.8, 4) is 0 Å². The van der Waals surface area contributed by atoms with Gasteiger partial charge in [0, 0.05) is 37.8 Å². The van der Waals surface area contributed by atoms with Gasteiger partial charge >= 0.3 is 0 Å². The van der Waals surface area contributed by atoms with Crippen LogP contribution in [0.1, 0.15) is 17.5 Å². The highest BCUT2D eigenvalue weighted by atomic mass is 16.5. The second-order valence-electron chi connectivity index (χ2n) is 6.11. The number of H-pyrrole nitrogens is 1. The number of nitrogens with zero attached hydrogens (tertiary/aromatic N) is 4. The summed E-state index contributed by atoms with van der Waals surface area (Å²) in [6.07, 6.45) is 1.55. The van der Waals surface area contributed by atoms with Crippen molar-refractivity contribution in [1.29, 1.82) is 0 Å². The standard InChI is InChI=1S/C17H19N5O2/c1-21-11-18-20-16(21)15-10-22(6-7-24-15)9-13-8-12-4-2-3-5-14(12)19-17(13)23/h2-5,8,11,15H,6-7,9-10H2,1H3,(H,19,23). The Morgan fingerprint density at radius 2 is 2.25 bits per heavy atom. The van der Waals surface area contributed by atoms with Gasteiger partial charge in [0.05, 0.1) is 6.61 Å². The van der Waals surface area contributed by atoms with Crippen molar-refractivity contribution in [2.45, 2.75) is 12.6 Å². The van der Waals surface area contributed by atoms with E-state index in [0.717, 1.165) is 28.8 Å². The zero-order chi connectivity index (χ0) is 16.5. The van der Waals surface area contributed by atoms with Gasteiger partial charge in [0.15, 0.2) is 5.82 Å². The molecule has 124 valence electrons.